The Morgan fingerprint density at radius 3 is 2.40 bits per heavy atom. The number of anilines is 1. The van der Waals surface area contributed by atoms with Crippen LogP contribution in [0.25, 0.3) is 0 Å². The molecule has 0 unspecified atom stereocenters. The van der Waals surface area contributed by atoms with Crippen LogP contribution in [0.15, 0.2) is 36.5 Å². The van der Waals surface area contributed by atoms with E-state index in [0.29, 0.717) is 28.4 Å². The Labute approximate surface area is 151 Å². The van der Waals surface area contributed by atoms with Gasteiger partial charge >= 0.3 is 6.18 Å². The van der Waals surface area contributed by atoms with Gasteiger partial charge in [-0.2, -0.15) is 13.2 Å². The minimum absolute atomic E-state index is 0.0491. The van der Waals surface area contributed by atoms with Gasteiger partial charge in [0.1, 0.15) is 5.82 Å². The smallest absolute Gasteiger partial charge is 0.417 e. The summed E-state index contributed by atoms with van der Waals surface area (Å²) in [4.78, 5) is 15.3. The molecule has 134 valence electrons. The number of hydrogen-bond acceptors (Lipinski definition) is 3. The van der Waals surface area contributed by atoms with E-state index in [9.17, 15) is 18.0 Å². The number of benzene rings is 1. The summed E-state index contributed by atoms with van der Waals surface area (Å²) in [6.07, 6.45) is -3.33. The summed E-state index contributed by atoms with van der Waals surface area (Å²) in [5.74, 6) is 0.00447. The van der Waals surface area contributed by atoms with Crippen molar-refractivity contribution < 1.29 is 22.7 Å². The lowest BCUT2D eigenvalue weighted by Crippen LogP contribution is -2.14. The van der Waals surface area contributed by atoms with E-state index in [1.165, 1.54) is 0 Å². The number of halogens is 5. The number of rotatable bonds is 6. The van der Waals surface area contributed by atoms with Crippen LogP contribution in [0.1, 0.15) is 18.4 Å². The summed E-state index contributed by atoms with van der Waals surface area (Å²) in [5.41, 5.74) is -0.879. The number of carbonyl (C=O) groups excluding carboxylic acids is 1. The molecule has 25 heavy (non-hydrogen) atoms. The first-order chi connectivity index (χ1) is 11.8. The normalized spacial score (nSPS) is 11.2. The predicted octanol–water partition coefficient (Wildman–Crippen LogP) is 5.20. The van der Waals surface area contributed by atoms with Gasteiger partial charge in [0.15, 0.2) is 5.75 Å². The van der Waals surface area contributed by atoms with Crippen molar-refractivity contribution in [2.45, 2.75) is 19.0 Å². The third kappa shape index (κ3) is 5.79. The second kappa shape index (κ2) is 8.40. The maximum absolute atomic E-state index is 12.4. The molecule has 1 aromatic heterocycles. The van der Waals surface area contributed by atoms with Gasteiger partial charge in [-0.15, -0.1) is 0 Å². The molecule has 0 saturated carbocycles. The summed E-state index contributed by atoms with van der Waals surface area (Å²) in [5, 5.41) is 3.15. The molecule has 1 aromatic carbocycles. The summed E-state index contributed by atoms with van der Waals surface area (Å²) >= 11 is 11.9. The Kier molecular flexibility index (Phi) is 6.50. The molecule has 0 aliphatic rings. The molecule has 1 amide bonds. The van der Waals surface area contributed by atoms with Crippen LogP contribution in [0, 0.1) is 0 Å². The molecule has 0 bridgehead atoms. The Morgan fingerprint density at radius 2 is 1.84 bits per heavy atom. The highest BCUT2D eigenvalue weighted by molar-refractivity contribution is 6.37. The first-order valence-corrected chi connectivity index (χ1v) is 7.93. The van der Waals surface area contributed by atoms with Gasteiger partial charge in [-0.05, 0) is 30.7 Å². The number of para-hydroxylation sites is 1. The van der Waals surface area contributed by atoms with E-state index in [0.717, 1.165) is 12.1 Å². The number of pyridine rings is 1. The monoisotopic (exact) mass is 392 g/mol. The molecule has 0 radical (unpaired) electrons. The number of aromatic nitrogens is 1. The van der Waals surface area contributed by atoms with E-state index in [-0.39, 0.29) is 24.8 Å². The van der Waals surface area contributed by atoms with Crippen LogP contribution in [0.5, 0.6) is 5.75 Å². The van der Waals surface area contributed by atoms with Gasteiger partial charge in [0, 0.05) is 12.6 Å². The quantitative estimate of drug-likeness (QED) is 0.686. The lowest BCUT2D eigenvalue weighted by atomic mass is 10.2. The van der Waals surface area contributed by atoms with Crippen LogP contribution in [-0.2, 0) is 11.0 Å². The average Bonchev–Trinajstić information content (AvgIpc) is 2.53. The molecule has 9 heteroatoms. The van der Waals surface area contributed by atoms with E-state index in [1.54, 1.807) is 18.2 Å². The van der Waals surface area contributed by atoms with Crippen LogP contribution in [-0.4, -0.2) is 17.5 Å². The molecule has 0 aliphatic carbocycles. The van der Waals surface area contributed by atoms with Crippen LogP contribution >= 0.6 is 23.2 Å². The molecule has 4 nitrogen and oxygen atoms in total. The van der Waals surface area contributed by atoms with Crippen molar-refractivity contribution in [1.29, 1.82) is 0 Å². The minimum atomic E-state index is -4.47. The predicted molar refractivity (Wildman–Crippen MR) is 89.1 cm³/mol. The van der Waals surface area contributed by atoms with Gasteiger partial charge in [0.25, 0.3) is 0 Å². The van der Waals surface area contributed by atoms with Crippen LogP contribution in [0.4, 0.5) is 19.0 Å². The number of alkyl halides is 3. The van der Waals surface area contributed by atoms with Crippen LogP contribution in [0.3, 0.4) is 0 Å². The fourth-order valence-electron chi connectivity index (χ4n) is 1.87. The third-order valence-electron chi connectivity index (χ3n) is 3.07. The highest BCUT2D eigenvalue weighted by Gasteiger charge is 2.30. The van der Waals surface area contributed by atoms with Crippen LogP contribution < -0.4 is 10.1 Å². The number of amides is 1. The summed E-state index contributed by atoms with van der Waals surface area (Å²) < 4.78 is 42.7. The van der Waals surface area contributed by atoms with E-state index < -0.39 is 11.7 Å². The number of nitrogens with one attached hydrogen (secondary N) is 1. The maximum Gasteiger partial charge on any atom is 0.417 e. The molecule has 0 saturated heterocycles. The average molecular weight is 393 g/mol. The van der Waals surface area contributed by atoms with Gasteiger partial charge in [-0.3, -0.25) is 4.79 Å². The zero-order chi connectivity index (χ0) is 18.4. The van der Waals surface area contributed by atoms with Crippen molar-refractivity contribution in [2.75, 3.05) is 11.9 Å². The summed E-state index contributed by atoms with van der Waals surface area (Å²) in [7, 11) is 0. The SMILES string of the molecule is O=C(CCCOc1c(Cl)cccc1Cl)Nc1ccc(C(F)(F)F)cn1. The molecule has 1 heterocycles. The lowest BCUT2D eigenvalue weighted by Gasteiger charge is -2.10. The maximum atomic E-state index is 12.4. The topological polar surface area (TPSA) is 51.2 Å². The fourth-order valence-corrected chi connectivity index (χ4v) is 2.37. The third-order valence-corrected chi connectivity index (χ3v) is 3.67. The standard InChI is InChI=1S/C16H13Cl2F3N2O2/c17-11-3-1-4-12(18)15(11)25-8-2-5-14(24)23-13-7-6-10(9-22-13)16(19,20)21/h1,3-4,6-7,9H,2,5,8H2,(H,22,23,24). The Morgan fingerprint density at radius 1 is 1.16 bits per heavy atom. The zero-order valence-electron chi connectivity index (χ0n) is 12.7. The van der Waals surface area contributed by atoms with Crippen molar-refractivity contribution in [1.82, 2.24) is 4.98 Å². The first kappa shape index (κ1) is 19.3. The van der Waals surface area contributed by atoms with Gasteiger partial charge in [0.2, 0.25) is 5.91 Å². The van der Waals surface area contributed by atoms with Gasteiger partial charge in [0.05, 0.1) is 22.2 Å². The molecule has 2 rings (SSSR count). The molecule has 0 aliphatic heterocycles. The van der Waals surface area contributed by atoms with E-state index in [4.69, 9.17) is 27.9 Å². The second-order valence-electron chi connectivity index (χ2n) is 4.98. The van der Waals surface area contributed by atoms with Crippen molar-refractivity contribution in [2.24, 2.45) is 0 Å². The highest BCUT2D eigenvalue weighted by Crippen LogP contribution is 2.32. The molecule has 0 atom stereocenters. The van der Waals surface area contributed by atoms with Crippen molar-refractivity contribution in [3.8, 4) is 5.75 Å². The molecule has 1 N–H and O–H groups in total. The molecule has 0 spiro atoms. The molecule has 2 aromatic rings. The lowest BCUT2D eigenvalue weighted by molar-refractivity contribution is -0.137. The number of carbonyl (C=O) groups is 1. The Hall–Kier alpha value is -1.99. The summed E-state index contributed by atoms with van der Waals surface area (Å²) in [6.45, 7) is 0.206. The van der Waals surface area contributed by atoms with Gasteiger partial charge in [-0.25, -0.2) is 4.98 Å². The summed E-state index contributed by atoms with van der Waals surface area (Å²) in [6, 6.07) is 6.89. The number of nitrogens with zero attached hydrogens (tertiary/aromatic N) is 1. The fraction of sp³-hybridized carbons (Fsp3) is 0.250. The highest BCUT2D eigenvalue weighted by atomic mass is 35.5. The van der Waals surface area contributed by atoms with Crippen molar-refractivity contribution in [3.05, 3.63) is 52.1 Å². The Balaban J connectivity index is 1.77. The second-order valence-corrected chi connectivity index (χ2v) is 5.80. The zero-order valence-corrected chi connectivity index (χ0v) is 14.3. The number of ether oxygens (including phenoxy) is 1. The number of hydrogen-bond donors (Lipinski definition) is 1. The van der Waals surface area contributed by atoms with E-state index in [1.807, 2.05) is 0 Å². The molecular weight excluding hydrogens is 380 g/mol. The van der Waals surface area contributed by atoms with E-state index in [2.05, 4.69) is 10.3 Å². The van der Waals surface area contributed by atoms with Gasteiger partial charge in [-0.1, -0.05) is 29.3 Å². The van der Waals surface area contributed by atoms with Crippen molar-refractivity contribution >= 4 is 34.9 Å². The van der Waals surface area contributed by atoms with Crippen LogP contribution in [0.2, 0.25) is 10.0 Å². The first-order valence-electron chi connectivity index (χ1n) is 7.17. The minimum Gasteiger partial charge on any atom is -0.490 e. The molecule has 0 fully saturated rings. The van der Waals surface area contributed by atoms with Crippen molar-refractivity contribution in [3.63, 3.8) is 0 Å². The largest absolute Gasteiger partial charge is 0.490 e. The van der Waals surface area contributed by atoms with Gasteiger partial charge < -0.3 is 10.1 Å². The molecular formula is C16H13Cl2F3N2O2. The Bertz CT molecular complexity index is 717. The van der Waals surface area contributed by atoms with E-state index >= 15 is 0 Å².